The summed E-state index contributed by atoms with van der Waals surface area (Å²) in [6.07, 6.45) is 3.45. The molecule has 0 radical (unpaired) electrons. The lowest BCUT2D eigenvalue weighted by atomic mass is 10.1. The van der Waals surface area contributed by atoms with E-state index in [1.165, 1.54) is 12.8 Å². The third kappa shape index (κ3) is 2.33. The molecule has 88 valence electrons. The fraction of sp³-hybridized carbons (Fsp3) is 0.538. The fourth-order valence-corrected chi connectivity index (χ4v) is 2.35. The van der Waals surface area contributed by atoms with Crippen LogP contribution in [0.3, 0.4) is 0 Å². The van der Waals surface area contributed by atoms with E-state index in [1.54, 1.807) is 0 Å². The molecule has 2 rings (SSSR count). The minimum atomic E-state index is -0.218. The summed E-state index contributed by atoms with van der Waals surface area (Å²) >= 11 is 5.95. The Bertz CT molecular complexity index is 359. The van der Waals surface area contributed by atoms with Crippen molar-refractivity contribution in [1.29, 1.82) is 0 Å². The van der Waals surface area contributed by atoms with E-state index in [0.717, 1.165) is 17.2 Å². The second-order valence-electron chi connectivity index (χ2n) is 4.33. The van der Waals surface area contributed by atoms with Crippen LogP contribution >= 0.6 is 11.6 Å². The minimum Gasteiger partial charge on any atom is -0.472 e. The summed E-state index contributed by atoms with van der Waals surface area (Å²) in [4.78, 5) is 0. The van der Waals surface area contributed by atoms with Gasteiger partial charge in [-0.05, 0) is 44.5 Å². The van der Waals surface area contributed by atoms with E-state index in [1.807, 2.05) is 31.3 Å². The number of halogens is 1. The SMILES string of the molecule is CCC(NC)(Oc1cccc(Cl)c1)C1CC1. The molecule has 0 heterocycles. The molecule has 16 heavy (non-hydrogen) atoms. The van der Waals surface area contributed by atoms with E-state index in [2.05, 4.69) is 12.2 Å². The Morgan fingerprint density at radius 1 is 1.50 bits per heavy atom. The predicted octanol–water partition coefficient (Wildman–Crippen LogP) is 3.45. The van der Waals surface area contributed by atoms with Crippen LogP contribution in [0.25, 0.3) is 0 Å². The normalized spacial score (nSPS) is 19.2. The molecule has 1 atom stereocenters. The summed E-state index contributed by atoms with van der Waals surface area (Å²) in [5.41, 5.74) is -0.218. The summed E-state index contributed by atoms with van der Waals surface area (Å²) in [5.74, 6) is 1.47. The third-order valence-electron chi connectivity index (χ3n) is 3.28. The van der Waals surface area contributed by atoms with Crippen molar-refractivity contribution in [1.82, 2.24) is 5.32 Å². The number of hydrogen-bond acceptors (Lipinski definition) is 2. The van der Waals surface area contributed by atoms with Gasteiger partial charge in [0.05, 0.1) is 0 Å². The Balaban J connectivity index is 2.16. The van der Waals surface area contributed by atoms with Gasteiger partial charge < -0.3 is 4.74 Å². The molecule has 1 N–H and O–H groups in total. The van der Waals surface area contributed by atoms with Gasteiger partial charge in [0.2, 0.25) is 0 Å². The quantitative estimate of drug-likeness (QED) is 0.795. The molecule has 3 heteroatoms. The monoisotopic (exact) mass is 239 g/mol. The molecule has 1 unspecified atom stereocenters. The molecular weight excluding hydrogens is 222 g/mol. The Morgan fingerprint density at radius 2 is 2.25 bits per heavy atom. The van der Waals surface area contributed by atoms with Crippen LogP contribution in [0.5, 0.6) is 5.75 Å². The van der Waals surface area contributed by atoms with Crippen LogP contribution in [0.4, 0.5) is 0 Å². The van der Waals surface area contributed by atoms with Gasteiger partial charge in [0.25, 0.3) is 0 Å². The van der Waals surface area contributed by atoms with Crippen molar-refractivity contribution in [2.75, 3.05) is 7.05 Å². The molecule has 0 bridgehead atoms. The highest BCUT2D eigenvalue weighted by molar-refractivity contribution is 6.30. The van der Waals surface area contributed by atoms with E-state index < -0.39 is 0 Å². The summed E-state index contributed by atoms with van der Waals surface area (Å²) in [7, 11) is 1.96. The van der Waals surface area contributed by atoms with Gasteiger partial charge in [0.1, 0.15) is 5.75 Å². The van der Waals surface area contributed by atoms with Crippen molar-refractivity contribution in [3.8, 4) is 5.75 Å². The van der Waals surface area contributed by atoms with Gasteiger partial charge in [-0.3, -0.25) is 5.32 Å². The van der Waals surface area contributed by atoms with Crippen LogP contribution < -0.4 is 10.1 Å². The Hall–Kier alpha value is -0.730. The second kappa shape index (κ2) is 4.64. The fourth-order valence-electron chi connectivity index (χ4n) is 2.17. The third-order valence-corrected chi connectivity index (χ3v) is 3.52. The highest BCUT2D eigenvalue weighted by Gasteiger charge is 2.45. The summed E-state index contributed by atoms with van der Waals surface area (Å²) in [6.45, 7) is 2.15. The predicted molar refractivity (Wildman–Crippen MR) is 66.9 cm³/mol. The molecule has 0 amide bonds. The smallest absolute Gasteiger partial charge is 0.163 e. The number of ether oxygens (including phenoxy) is 1. The number of hydrogen-bond donors (Lipinski definition) is 1. The topological polar surface area (TPSA) is 21.3 Å². The minimum absolute atomic E-state index is 0.218. The molecule has 0 aromatic heterocycles. The van der Waals surface area contributed by atoms with Gasteiger partial charge in [-0.1, -0.05) is 24.6 Å². The average molecular weight is 240 g/mol. The van der Waals surface area contributed by atoms with Crippen molar-refractivity contribution >= 4 is 11.6 Å². The molecule has 1 saturated carbocycles. The van der Waals surface area contributed by atoms with Crippen LogP contribution in [-0.2, 0) is 0 Å². The summed E-state index contributed by atoms with van der Waals surface area (Å²) < 4.78 is 6.11. The molecule has 1 fully saturated rings. The van der Waals surface area contributed by atoms with Gasteiger partial charge in [0.15, 0.2) is 5.72 Å². The molecule has 0 saturated heterocycles. The van der Waals surface area contributed by atoms with Gasteiger partial charge in [-0.2, -0.15) is 0 Å². The standard InChI is InChI=1S/C13H18ClNO/c1-3-13(15-2,10-7-8-10)16-12-6-4-5-11(14)9-12/h4-6,9-10,15H,3,7-8H2,1-2H3. The first-order valence-corrected chi connectivity index (χ1v) is 6.21. The molecule has 0 spiro atoms. The zero-order valence-corrected chi connectivity index (χ0v) is 10.6. The number of nitrogens with one attached hydrogen (secondary N) is 1. The lowest BCUT2D eigenvalue weighted by molar-refractivity contribution is 0.0140. The first-order valence-electron chi connectivity index (χ1n) is 5.83. The van der Waals surface area contributed by atoms with Gasteiger partial charge in [-0.25, -0.2) is 0 Å². The summed E-state index contributed by atoms with van der Waals surface area (Å²) in [5, 5.41) is 4.05. The molecule has 1 aromatic rings. The first kappa shape index (κ1) is 11.7. The highest BCUT2D eigenvalue weighted by atomic mass is 35.5. The maximum absolute atomic E-state index is 6.11. The number of rotatable bonds is 5. The van der Waals surface area contributed by atoms with Gasteiger partial charge in [-0.15, -0.1) is 0 Å². The van der Waals surface area contributed by atoms with E-state index in [4.69, 9.17) is 16.3 Å². The van der Waals surface area contributed by atoms with E-state index in [9.17, 15) is 0 Å². The van der Waals surface area contributed by atoms with Crippen molar-refractivity contribution in [2.45, 2.75) is 31.9 Å². The van der Waals surface area contributed by atoms with Crippen LogP contribution in [0.15, 0.2) is 24.3 Å². The second-order valence-corrected chi connectivity index (χ2v) is 4.76. The zero-order valence-electron chi connectivity index (χ0n) is 9.79. The zero-order chi connectivity index (χ0) is 11.6. The maximum Gasteiger partial charge on any atom is 0.163 e. The Morgan fingerprint density at radius 3 is 2.75 bits per heavy atom. The largest absolute Gasteiger partial charge is 0.472 e. The van der Waals surface area contributed by atoms with Crippen LogP contribution in [0, 0.1) is 5.92 Å². The Labute approximate surface area is 102 Å². The van der Waals surface area contributed by atoms with Crippen LogP contribution in [-0.4, -0.2) is 12.8 Å². The van der Waals surface area contributed by atoms with E-state index in [-0.39, 0.29) is 5.72 Å². The first-order chi connectivity index (χ1) is 7.70. The molecule has 1 aliphatic rings. The molecule has 2 nitrogen and oxygen atoms in total. The van der Waals surface area contributed by atoms with Crippen LogP contribution in [0.2, 0.25) is 5.02 Å². The molecule has 1 aromatic carbocycles. The molecule has 0 aliphatic heterocycles. The maximum atomic E-state index is 6.11. The van der Waals surface area contributed by atoms with Crippen molar-refractivity contribution < 1.29 is 4.74 Å². The van der Waals surface area contributed by atoms with Gasteiger partial charge in [0, 0.05) is 10.9 Å². The lowest BCUT2D eigenvalue weighted by Gasteiger charge is -2.33. The average Bonchev–Trinajstić information content (AvgIpc) is 3.10. The summed E-state index contributed by atoms with van der Waals surface area (Å²) in [6, 6.07) is 7.60. The van der Waals surface area contributed by atoms with Crippen molar-refractivity contribution in [3.05, 3.63) is 29.3 Å². The van der Waals surface area contributed by atoms with E-state index in [0.29, 0.717) is 5.92 Å². The van der Waals surface area contributed by atoms with Crippen molar-refractivity contribution in [2.24, 2.45) is 5.92 Å². The van der Waals surface area contributed by atoms with Gasteiger partial charge >= 0.3 is 0 Å². The van der Waals surface area contributed by atoms with E-state index >= 15 is 0 Å². The van der Waals surface area contributed by atoms with Crippen LogP contribution in [0.1, 0.15) is 26.2 Å². The van der Waals surface area contributed by atoms with Crippen molar-refractivity contribution in [3.63, 3.8) is 0 Å². The number of benzene rings is 1. The highest BCUT2D eigenvalue weighted by Crippen LogP contribution is 2.42. The molecule has 1 aliphatic carbocycles. The molecular formula is C13H18ClNO. The Kier molecular flexibility index (Phi) is 3.41. The lowest BCUT2D eigenvalue weighted by Crippen LogP contribution is -2.50.